The Bertz CT molecular complexity index is 675. The number of carbonyl (C=O) groups is 1. The van der Waals surface area contributed by atoms with E-state index in [9.17, 15) is 4.79 Å². The van der Waals surface area contributed by atoms with Gasteiger partial charge in [-0.2, -0.15) is 0 Å². The maximum atomic E-state index is 12.3. The van der Waals surface area contributed by atoms with Crippen LogP contribution in [0, 0.1) is 13.8 Å². The number of anilines is 1. The van der Waals surface area contributed by atoms with Crippen LogP contribution >= 0.6 is 0 Å². The van der Waals surface area contributed by atoms with Gasteiger partial charge in [0.05, 0.1) is 0 Å². The molecule has 0 saturated carbocycles. The SMILES string of the molecule is Cc1cccc(O[C@@H](C)C(=O)Nc2ccc(C(C)C)cc2)c1C. The van der Waals surface area contributed by atoms with Gasteiger partial charge in [0.1, 0.15) is 5.75 Å². The number of amides is 1. The van der Waals surface area contributed by atoms with E-state index < -0.39 is 6.10 Å². The van der Waals surface area contributed by atoms with Crippen molar-refractivity contribution < 1.29 is 9.53 Å². The Hall–Kier alpha value is -2.29. The van der Waals surface area contributed by atoms with Gasteiger partial charge in [0, 0.05) is 5.69 Å². The lowest BCUT2D eigenvalue weighted by Gasteiger charge is -2.17. The van der Waals surface area contributed by atoms with Crippen molar-refractivity contribution in [2.75, 3.05) is 5.32 Å². The fourth-order valence-corrected chi connectivity index (χ4v) is 2.29. The van der Waals surface area contributed by atoms with Gasteiger partial charge in [0.25, 0.3) is 5.91 Å². The summed E-state index contributed by atoms with van der Waals surface area (Å²) >= 11 is 0. The summed E-state index contributed by atoms with van der Waals surface area (Å²) in [5.74, 6) is 1.08. The Labute approximate surface area is 138 Å². The standard InChI is InChI=1S/C20H25NO2/c1-13(2)17-9-11-18(12-10-17)21-20(22)16(5)23-19-8-6-7-14(3)15(19)4/h6-13,16H,1-5H3,(H,21,22)/t16-/m0/s1. The molecule has 0 aromatic heterocycles. The first kappa shape index (κ1) is 17.1. The molecule has 1 amide bonds. The predicted octanol–water partition coefficient (Wildman–Crippen LogP) is 4.83. The number of ether oxygens (including phenoxy) is 1. The first-order valence-electron chi connectivity index (χ1n) is 8.02. The largest absolute Gasteiger partial charge is 0.481 e. The highest BCUT2D eigenvalue weighted by Gasteiger charge is 2.16. The molecule has 1 N–H and O–H groups in total. The number of rotatable bonds is 5. The molecule has 2 aromatic carbocycles. The summed E-state index contributed by atoms with van der Waals surface area (Å²) in [5, 5.41) is 2.90. The lowest BCUT2D eigenvalue weighted by molar-refractivity contribution is -0.122. The minimum Gasteiger partial charge on any atom is -0.481 e. The zero-order valence-electron chi connectivity index (χ0n) is 14.5. The third kappa shape index (κ3) is 4.35. The highest BCUT2D eigenvalue weighted by molar-refractivity contribution is 5.94. The Balaban J connectivity index is 2.01. The summed E-state index contributed by atoms with van der Waals surface area (Å²) in [6, 6.07) is 13.8. The fraction of sp³-hybridized carbons (Fsp3) is 0.350. The van der Waals surface area contributed by atoms with Crippen LogP contribution in [0.25, 0.3) is 0 Å². The maximum absolute atomic E-state index is 12.3. The second-order valence-corrected chi connectivity index (χ2v) is 6.22. The van der Waals surface area contributed by atoms with Crippen LogP contribution in [0.3, 0.4) is 0 Å². The van der Waals surface area contributed by atoms with Crippen molar-refractivity contribution in [2.45, 2.75) is 46.6 Å². The minimum atomic E-state index is -0.555. The van der Waals surface area contributed by atoms with Crippen molar-refractivity contribution in [3.8, 4) is 5.75 Å². The normalized spacial score (nSPS) is 12.1. The van der Waals surface area contributed by atoms with Gasteiger partial charge in [-0.3, -0.25) is 4.79 Å². The van der Waals surface area contributed by atoms with Gasteiger partial charge in [0.2, 0.25) is 0 Å². The molecule has 2 aromatic rings. The number of nitrogens with one attached hydrogen (secondary N) is 1. The molecule has 0 heterocycles. The summed E-state index contributed by atoms with van der Waals surface area (Å²) in [5.41, 5.74) is 4.26. The molecule has 0 bridgehead atoms. The van der Waals surface area contributed by atoms with E-state index >= 15 is 0 Å². The summed E-state index contributed by atoms with van der Waals surface area (Å²) < 4.78 is 5.81. The molecular formula is C20H25NO2. The van der Waals surface area contributed by atoms with E-state index in [1.165, 1.54) is 5.56 Å². The number of aryl methyl sites for hydroxylation is 1. The van der Waals surface area contributed by atoms with E-state index in [0.29, 0.717) is 5.92 Å². The molecule has 0 aliphatic carbocycles. The molecule has 0 aliphatic rings. The summed E-state index contributed by atoms with van der Waals surface area (Å²) in [6.07, 6.45) is -0.555. The third-order valence-corrected chi connectivity index (χ3v) is 4.07. The van der Waals surface area contributed by atoms with Gasteiger partial charge < -0.3 is 10.1 Å². The summed E-state index contributed by atoms with van der Waals surface area (Å²) in [6.45, 7) is 10.1. The van der Waals surface area contributed by atoms with Crippen molar-refractivity contribution >= 4 is 11.6 Å². The summed E-state index contributed by atoms with van der Waals surface area (Å²) in [4.78, 5) is 12.3. The third-order valence-electron chi connectivity index (χ3n) is 4.07. The smallest absolute Gasteiger partial charge is 0.265 e. The van der Waals surface area contributed by atoms with Gasteiger partial charge in [-0.05, 0) is 61.6 Å². The maximum Gasteiger partial charge on any atom is 0.265 e. The molecule has 0 saturated heterocycles. The Morgan fingerprint density at radius 3 is 2.26 bits per heavy atom. The highest BCUT2D eigenvalue weighted by Crippen LogP contribution is 2.22. The molecule has 0 spiro atoms. The fourth-order valence-electron chi connectivity index (χ4n) is 2.29. The molecule has 1 atom stereocenters. The molecule has 0 radical (unpaired) electrons. The van der Waals surface area contributed by atoms with Crippen LogP contribution in [0.1, 0.15) is 43.4 Å². The van der Waals surface area contributed by atoms with E-state index in [1.807, 2.05) is 56.3 Å². The van der Waals surface area contributed by atoms with Crippen molar-refractivity contribution in [2.24, 2.45) is 0 Å². The second kappa shape index (κ2) is 7.32. The van der Waals surface area contributed by atoms with Gasteiger partial charge in [-0.1, -0.05) is 38.1 Å². The average molecular weight is 311 g/mol. The predicted molar refractivity (Wildman–Crippen MR) is 95.2 cm³/mol. The molecule has 3 nitrogen and oxygen atoms in total. The van der Waals surface area contributed by atoms with E-state index in [4.69, 9.17) is 4.74 Å². The van der Waals surface area contributed by atoms with Crippen LogP contribution < -0.4 is 10.1 Å². The average Bonchev–Trinajstić information content (AvgIpc) is 2.52. The van der Waals surface area contributed by atoms with Crippen LogP contribution in [0.5, 0.6) is 5.75 Å². The zero-order valence-corrected chi connectivity index (χ0v) is 14.5. The number of hydrogen-bond acceptors (Lipinski definition) is 2. The van der Waals surface area contributed by atoms with Crippen LogP contribution in [-0.4, -0.2) is 12.0 Å². The second-order valence-electron chi connectivity index (χ2n) is 6.22. The van der Waals surface area contributed by atoms with Crippen molar-refractivity contribution in [3.05, 3.63) is 59.2 Å². The van der Waals surface area contributed by atoms with Gasteiger partial charge in [0.15, 0.2) is 6.10 Å². The van der Waals surface area contributed by atoms with E-state index in [2.05, 4.69) is 19.2 Å². The van der Waals surface area contributed by atoms with Gasteiger partial charge in [-0.15, -0.1) is 0 Å². The molecule has 23 heavy (non-hydrogen) atoms. The first-order valence-corrected chi connectivity index (χ1v) is 8.02. The lowest BCUT2D eigenvalue weighted by Crippen LogP contribution is -2.30. The molecule has 122 valence electrons. The molecule has 0 unspecified atom stereocenters. The van der Waals surface area contributed by atoms with Crippen molar-refractivity contribution in [3.63, 3.8) is 0 Å². The molecule has 2 rings (SSSR count). The van der Waals surface area contributed by atoms with Gasteiger partial charge >= 0.3 is 0 Å². The number of hydrogen-bond donors (Lipinski definition) is 1. The molecular weight excluding hydrogens is 286 g/mol. The molecule has 0 fully saturated rings. The Morgan fingerprint density at radius 2 is 1.65 bits per heavy atom. The number of carbonyl (C=O) groups excluding carboxylic acids is 1. The van der Waals surface area contributed by atoms with Gasteiger partial charge in [-0.25, -0.2) is 0 Å². The van der Waals surface area contributed by atoms with E-state index in [0.717, 1.165) is 22.6 Å². The zero-order chi connectivity index (χ0) is 17.0. The van der Waals surface area contributed by atoms with Crippen LogP contribution in [0.2, 0.25) is 0 Å². The number of benzene rings is 2. The highest BCUT2D eigenvalue weighted by atomic mass is 16.5. The minimum absolute atomic E-state index is 0.150. The monoisotopic (exact) mass is 311 g/mol. The lowest BCUT2D eigenvalue weighted by atomic mass is 10.0. The quantitative estimate of drug-likeness (QED) is 0.858. The molecule has 0 aliphatic heterocycles. The topological polar surface area (TPSA) is 38.3 Å². The Kier molecular flexibility index (Phi) is 5.43. The van der Waals surface area contributed by atoms with Crippen molar-refractivity contribution in [1.82, 2.24) is 0 Å². The van der Waals surface area contributed by atoms with Crippen LogP contribution in [0.4, 0.5) is 5.69 Å². The first-order chi connectivity index (χ1) is 10.9. The van der Waals surface area contributed by atoms with E-state index in [1.54, 1.807) is 6.92 Å². The van der Waals surface area contributed by atoms with Crippen LogP contribution in [0.15, 0.2) is 42.5 Å². The van der Waals surface area contributed by atoms with Crippen LogP contribution in [-0.2, 0) is 4.79 Å². The Morgan fingerprint density at radius 1 is 1.00 bits per heavy atom. The van der Waals surface area contributed by atoms with Crippen molar-refractivity contribution in [1.29, 1.82) is 0 Å². The molecule has 3 heteroatoms. The van der Waals surface area contributed by atoms with E-state index in [-0.39, 0.29) is 5.91 Å². The summed E-state index contributed by atoms with van der Waals surface area (Å²) in [7, 11) is 0.